The second-order valence-electron chi connectivity index (χ2n) is 1.80. The Bertz CT molecular complexity index is 181. The minimum atomic E-state index is -3.22. The van der Waals surface area contributed by atoms with Crippen molar-refractivity contribution in [2.45, 2.75) is 6.10 Å². The van der Waals surface area contributed by atoms with E-state index in [-0.39, 0.29) is 6.29 Å². The molecule has 0 fully saturated rings. The Labute approximate surface area is 53.4 Å². The molecule has 0 rings (SSSR count). The van der Waals surface area contributed by atoms with Crippen LogP contribution in [0.4, 0.5) is 0 Å². The van der Waals surface area contributed by atoms with Crippen LogP contribution < -0.4 is 0 Å². The molecule has 0 radical (unpaired) electrons. The third-order valence-electron chi connectivity index (χ3n) is 0.631. The molecule has 0 aliphatic heterocycles. The highest BCUT2D eigenvalue weighted by molar-refractivity contribution is 7.90. The summed E-state index contributed by atoms with van der Waals surface area (Å²) in [5.74, 6) is -0.490. The summed E-state index contributed by atoms with van der Waals surface area (Å²) in [5.41, 5.74) is 0. The van der Waals surface area contributed by atoms with Crippen molar-refractivity contribution in [3.8, 4) is 0 Å². The summed E-state index contributed by atoms with van der Waals surface area (Å²) in [4.78, 5) is 9.67. The molecule has 0 aromatic rings. The maximum atomic E-state index is 10.3. The fourth-order valence-corrected chi connectivity index (χ4v) is 1.05. The molecule has 0 aliphatic rings. The van der Waals surface area contributed by atoms with Gasteiger partial charge in [0.15, 0.2) is 0 Å². The highest BCUT2D eigenvalue weighted by atomic mass is 32.2. The van der Waals surface area contributed by atoms with Crippen LogP contribution in [-0.4, -0.2) is 37.9 Å². The number of hydrogen-bond acceptors (Lipinski definition) is 4. The van der Waals surface area contributed by atoms with Gasteiger partial charge < -0.3 is 9.90 Å². The second kappa shape index (κ2) is 2.93. The summed E-state index contributed by atoms with van der Waals surface area (Å²) in [6, 6.07) is 0. The van der Waals surface area contributed by atoms with Crippen molar-refractivity contribution in [1.82, 2.24) is 0 Å². The fraction of sp³-hybridized carbons (Fsp3) is 0.750. The van der Waals surface area contributed by atoms with Crippen molar-refractivity contribution in [2.24, 2.45) is 0 Å². The Hall–Kier alpha value is -0.420. The number of carbonyl (C=O) groups excluding carboxylic acids is 1. The molecule has 1 unspecified atom stereocenters. The van der Waals surface area contributed by atoms with Crippen molar-refractivity contribution in [2.75, 3.05) is 12.0 Å². The zero-order valence-electron chi connectivity index (χ0n) is 4.94. The molecule has 1 N–H and O–H groups in total. The molecule has 0 saturated heterocycles. The van der Waals surface area contributed by atoms with Gasteiger partial charge in [-0.3, -0.25) is 0 Å². The molecule has 4 nitrogen and oxygen atoms in total. The van der Waals surface area contributed by atoms with Crippen LogP contribution in [0, 0.1) is 0 Å². The lowest BCUT2D eigenvalue weighted by Crippen LogP contribution is -2.20. The van der Waals surface area contributed by atoms with Gasteiger partial charge in [0.05, 0.1) is 5.75 Å². The van der Waals surface area contributed by atoms with E-state index in [1.165, 1.54) is 0 Å². The summed E-state index contributed by atoms with van der Waals surface area (Å²) in [6.07, 6.45) is -0.221. The van der Waals surface area contributed by atoms with E-state index in [2.05, 4.69) is 0 Å². The number of rotatable bonds is 3. The number of hydrogen-bond donors (Lipinski definition) is 1. The topological polar surface area (TPSA) is 71.4 Å². The average Bonchev–Trinajstić information content (AvgIpc) is 1.62. The van der Waals surface area contributed by atoms with Crippen LogP contribution >= 0.6 is 0 Å². The predicted molar refractivity (Wildman–Crippen MR) is 31.8 cm³/mol. The van der Waals surface area contributed by atoms with E-state index in [1.807, 2.05) is 0 Å². The fourth-order valence-electron chi connectivity index (χ4n) is 0.349. The van der Waals surface area contributed by atoms with E-state index >= 15 is 0 Å². The molecular weight excluding hydrogens is 144 g/mol. The van der Waals surface area contributed by atoms with E-state index in [1.54, 1.807) is 0 Å². The van der Waals surface area contributed by atoms with Crippen molar-refractivity contribution >= 4 is 16.1 Å². The van der Waals surface area contributed by atoms with Crippen LogP contribution in [0.5, 0.6) is 0 Å². The number of carbonyl (C=O) groups is 1. The molecule has 0 spiro atoms. The number of aldehydes is 1. The van der Waals surface area contributed by atoms with Gasteiger partial charge in [-0.1, -0.05) is 0 Å². The maximum Gasteiger partial charge on any atom is 0.150 e. The van der Waals surface area contributed by atoms with Crippen LogP contribution in [0.25, 0.3) is 0 Å². The summed E-state index contributed by atoms with van der Waals surface area (Å²) in [7, 11) is -3.22. The van der Waals surface area contributed by atoms with Crippen LogP contribution in [0.15, 0.2) is 0 Å². The zero-order chi connectivity index (χ0) is 7.49. The summed E-state index contributed by atoms with van der Waals surface area (Å²) < 4.78 is 20.6. The Kier molecular flexibility index (Phi) is 2.80. The molecule has 1 atom stereocenters. The Morgan fingerprint density at radius 1 is 1.67 bits per heavy atom. The van der Waals surface area contributed by atoms with Crippen molar-refractivity contribution in [3.63, 3.8) is 0 Å². The van der Waals surface area contributed by atoms with Crippen LogP contribution in [0.2, 0.25) is 0 Å². The molecule has 0 aromatic heterocycles. The van der Waals surface area contributed by atoms with E-state index in [9.17, 15) is 13.2 Å². The first-order chi connectivity index (χ1) is 3.95. The first-order valence-electron chi connectivity index (χ1n) is 2.27. The van der Waals surface area contributed by atoms with Gasteiger partial charge in [0.2, 0.25) is 0 Å². The Morgan fingerprint density at radius 2 is 2.11 bits per heavy atom. The molecule has 5 heteroatoms. The predicted octanol–water partition coefficient (Wildman–Crippen LogP) is -1.41. The monoisotopic (exact) mass is 152 g/mol. The lowest BCUT2D eigenvalue weighted by atomic mass is 10.5. The van der Waals surface area contributed by atoms with E-state index in [4.69, 9.17) is 5.11 Å². The molecule has 0 saturated carbocycles. The molecule has 0 aromatic carbocycles. The van der Waals surface area contributed by atoms with E-state index in [0.29, 0.717) is 0 Å². The van der Waals surface area contributed by atoms with Gasteiger partial charge in [0.25, 0.3) is 0 Å². The largest absolute Gasteiger partial charge is 0.385 e. The zero-order valence-corrected chi connectivity index (χ0v) is 5.76. The lowest BCUT2D eigenvalue weighted by molar-refractivity contribution is -0.113. The minimum absolute atomic E-state index is 0.195. The van der Waals surface area contributed by atoms with Crippen molar-refractivity contribution in [1.29, 1.82) is 0 Å². The molecule has 0 heterocycles. The number of aliphatic hydroxyl groups excluding tert-OH is 1. The van der Waals surface area contributed by atoms with Gasteiger partial charge in [-0.25, -0.2) is 8.42 Å². The molecule has 54 valence electrons. The highest BCUT2D eigenvalue weighted by Crippen LogP contribution is 1.85. The summed E-state index contributed by atoms with van der Waals surface area (Å²) in [5, 5.41) is 8.45. The SMILES string of the molecule is CS(=O)(=O)CC(O)C=O. The number of sulfone groups is 1. The van der Waals surface area contributed by atoms with Gasteiger partial charge >= 0.3 is 0 Å². The molecule has 0 aliphatic carbocycles. The third kappa shape index (κ3) is 5.45. The molecule has 0 amide bonds. The normalized spacial score (nSPS) is 14.9. The third-order valence-corrected chi connectivity index (χ3v) is 1.58. The standard InChI is InChI=1S/C4H8O4S/c1-9(7,8)3-4(6)2-5/h2,4,6H,3H2,1H3. The van der Waals surface area contributed by atoms with Gasteiger partial charge in [0.1, 0.15) is 22.2 Å². The van der Waals surface area contributed by atoms with Crippen LogP contribution in [-0.2, 0) is 14.6 Å². The summed E-state index contributed by atoms with van der Waals surface area (Å²) in [6.45, 7) is 0. The van der Waals surface area contributed by atoms with Crippen LogP contribution in [0.3, 0.4) is 0 Å². The van der Waals surface area contributed by atoms with Crippen molar-refractivity contribution in [3.05, 3.63) is 0 Å². The summed E-state index contributed by atoms with van der Waals surface area (Å²) >= 11 is 0. The van der Waals surface area contributed by atoms with Crippen molar-refractivity contribution < 1.29 is 18.3 Å². The molecule has 0 bridgehead atoms. The first-order valence-corrected chi connectivity index (χ1v) is 4.33. The van der Waals surface area contributed by atoms with Gasteiger partial charge in [0, 0.05) is 6.26 Å². The van der Waals surface area contributed by atoms with Gasteiger partial charge in [-0.2, -0.15) is 0 Å². The maximum absolute atomic E-state index is 10.3. The van der Waals surface area contributed by atoms with Gasteiger partial charge in [-0.15, -0.1) is 0 Å². The second-order valence-corrected chi connectivity index (χ2v) is 3.98. The Balaban J connectivity index is 3.89. The molecule has 9 heavy (non-hydrogen) atoms. The smallest absolute Gasteiger partial charge is 0.150 e. The average molecular weight is 152 g/mol. The quantitative estimate of drug-likeness (QED) is 0.504. The van der Waals surface area contributed by atoms with E-state index in [0.717, 1.165) is 6.26 Å². The molecular formula is C4H8O4S. The Morgan fingerprint density at radius 3 is 2.22 bits per heavy atom. The van der Waals surface area contributed by atoms with Gasteiger partial charge in [-0.05, 0) is 0 Å². The minimum Gasteiger partial charge on any atom is -0.385 e. The van der Waals surface area contributed by atoms with Crippen LogP contribution in [0.1, 0.15) is 0 Å². The highest BCUT2D eigenvalue weighted by Gasteiger charge is 2.09. The van der Waals surface area contributed by atoms with E-state index < -0.39 is 21.7 Å². The first kappa shape index (κ1) is 8.58. The lowest BCUT2D eigenvalue weighted by Gasteiger charge is -1.97. The number of aliphatic hydroxyl groups is 1.